The summed E-state index contributed by atoms with van der Waals surface area (Å²) in [6, 6.07) is 5.25. The monoisotopic (exact) mass is 283 g/mol. The van der Waals surface area contributed by atoms with Gasteiger partial charge >= 0.3 is 5.97 Å². The van der Waals surface area contributed by atoms with E-state index in [4.69, 9.17) is 16.3 Å². The van der Waals surface area contributed by atoms with Crippen LogP contribution in [0.2, 0.25) is 0 Å². The molecule has 1 aromatic carbocycles. The summed E-state index contributed by atoms with van der Waals surface area (Å²) in [5.41, 5.74) is 1.54. The molecule has 1 heterocycles. The van der Waals surface area contributed by atoms with Gasteiger partial charge in [0.15, 0.2) is 0 Å². The molecule has 0 aromatic heterocycles. The highest BCUT2D eigenvalue weighted by atomic mass is 35.5. The van der Waals surface area contributed by atoms with E-state index in [2.05, 4.69) is 10.1 Å². The molecule has 0 radical (unpaired) electrons. The van der Waals surface area contributed by atoms with Gasteiger partial charge in [0.05, 0.1) is 13.7 Å². The van der Waals surface area contributed by atoms with Crippen LogP contribution in [-0.4, -0.2) is 37.5 Å². The second-order valence-corrected chi connectivity index (χ2v) is 4.65. The SMILES string of the molecule is COC(=O)C(Cl)CNC(=O)c1ccc2c(c1)CCO2. The van der Waals surface area contributed by atoms with Crippen LogP contribution in [-0.2, 0) is 16.0 Å². The van der Waals surface area contributed by atoms with Crippen LogP contribution in [0.3, 0.4) is 0 Å². The van der Waals surface area contributed by atoms with E-state index in [0.29, 0.717) is 12.2 Å². The number of ether oxygens (including phenoxy) is 2. The van der Waals surface area contributed by atoms with E-state index in [1.54, 1.807) is 18.2 Å². The van der Waals surface area contributed by atoms with Gasteiger partial charge in [-0.1, -0.05) is 0 Å². The van der Waals surface area contributed by atoms with Crippen LogP contribution >= 0.6 is 11.6 Å². The van der Waals surface area contributed by atoms with E-state index in [-0.39, 0.29) is 12.5 Å². The van der Waals surface area contributed by atoms with Gasteiger partial charge in [0.25, 0.3) is 5.91 Å². The number of halogens is 1. The maximum absolute atomic E-state index is 11.9. The summed E-state index contributed by atoms with van der Waals surface area (Å²) < 4.78 is 9.84. The van der Waals surface area contributed by atoms with Gasteiger partial charge in [-0.05, 0) is 23.8 Å². The average Bonchev–Trinajstić information content (AvgIpc) is 2.90. The molecule has 1 atom stereocenters. The lowest BCUT2D eigenvalue weighted by Crippen LogP contribution is -2.34. The average molecular weight is 284 g/mol. The number of esters is 1. The van der Waals surface area contributed by atoms with E-state index in [9.17, 15) is 9.59 Å². The molecule has 6 heteroatoms. The largest absolute Gasteiger partial charge is 0.493 e. The van der Waals surface area contributed by atoms with Crippen LogP contribution in [0, 0.1) is 0 Å². The van der Waals surface area contributed by atoms with Crippen molar-refractivity contribution in [3.63, 3.8) is 0 Å². The first-order valence-electron chi connectivity index (χ1n) is 5.87. The van der Waals surface area contributed by atoms with Gasteiger partial charge in [0.1, 0.15) is 11.1 Å². The molecule has 0 fully saturated rings. The molecular formula is C13H14ClNO4. The number of alkyl halides is 1. The predicted octanol–water partition coefficient (Wildman–Crippen LogP) is 1.13. The minimum absolute atomic E-state index is 0.0284. The topological polar surface area (TPSA) is 64.6 Å². The van der Waals surface area contributed by atoms with Crippen LogP contribution in [0.4, 0.5) is 0 Å². The maximum Gasteiger partial charge on any atom is 0.325 e. The third kappa shape index (κ3) is 3.17. The normalized spacial score (nSPS) is 14.2. The Balaban J connectivity index is 1.95. The van der Waals surface area contributed by atoms with Crippen molar-refractivity contribution in [3.05, 3.63) is 29.3 Å². The number of carbonyl (C=O) groups excluding carboxylic acids is 2. The Morgan fingerprint density at radius 2 is 2.32 bits per heavy atom. The summed E-state index contributed by atoms with van der Waals surface area (Å²) in [5, 5.41) is 1.71. The smallest absolute Gasteiger partial charge is 0.325 e. The zero-order valence-corrected chi connectivity index (χ0v) is 11.2. The Morgan fingerprint density at radius 1 is 1.53 bits per heavy atom. The molecule has 1 aromatic rings. The maximum atomic E-state index is 11.9. The molecule has 19 heavy (non-hydrogen) atoms. The predicted molar refractivity (Wildman–Crippen MR) is 69.6 cm³/mol. The van der Waals surface area contributed by atoms with Crippen molar-refractivity contribution in [1.82, 2.24) is 5.32 Å². The van der Waals surface area contributed by atoms with E-state index >= 15 is 0 Å². The summed E-state index contributed by atoms with van der Waals surface area (Å²) in [6.45, 7) is 0.674. The lowest BCUT2D eigenvalue weighted by atomic mass is 10.1. The van der Waals surface area contributed by atoms with E-state index in [0.717, 1.165) is 17.7 Å². The van der Waals surface area contributed by atoms with Gasteiger partial charge in [-0.2, -0.15) is 0 Å². The fraction of sp³-hybridized carbons (Fsp3) is 0.385. The number of rotatable bonds is 4. The third-order valence-corrected chi connectivity index (χ3v) is 3.18. The molecule has 1 amide bonds. The lowest BCUT2D eigenvalue weighted by molar-refractivity contribution is -0.140. The summed E-state index contributed by atoms with van der Waals surface area (Å²) in [4.78, 5) is 23.0. The Kier molecular flexibility index (Phi) is 4.27. The molecule has 0 saturated heterocycles. The van der Waals surface area contributed by atoms with Gasteiger partial charge in [-0.3, -0.25) is 9.59 Å². The number of methoxy groups -OCH3 is 1. The van der Waals surface area contributed by atoms with Crippen molar-refractivity contribution in [2.75, 3.05) is 20.3 Å². The van der Waals surface area contributed by atoms with Gasteiger partial charge in [0.2, 0.25) is 0 Å². The van der Waals surface area contributed by atoms with E-state index < -0.39 is 11.3 Å². The van der Waals surface area contributed by atoms with E-state index in [1.807, 2.05) is 0 Å². The van der Waals surface area contributed by atoms with Crippen LogP contribution in [0.15, 0.2) is 18.2 Å². The van der Waals surface area contributed by atoms with Crippen molar-refractivity contribution in [2.24, 2.45) is 0 Å². The summed E-state index contributed by atoms with van der Waals surface area (Å²) in [6.07, 6.45) is 0.802. The molecule has 1 aliphatic rings. The molecule has 1 aliphatic heterocycles. The van der Waals surface area contributed by atoms with Crippen molar-refractivity contribution >= 4 is 23.5 Å². The quantitative estimate of drug-likeness (QED) is 0.665. The Morgan fingerprint density at radius 3 is 3.05 bits per heavy atom. The first-order chi connectivity index (χ1) is 9.11. The Hall–Kier alpha value is -1.75. The number of amides is 1. The van der Waals surface area contributed by atoms with Gasteiger partial charge < -0.3 is 14.8 Å². The highest BCUT2D eigenvalue weighted by Crippen LogP contribution is 2.25. The lowest BCUT2D eigenvalue weighted by Gasteiger charge is -2.09. The Bertz CT molecular complexity index is 503. The van der Waals surface area contributed by atoms with Gasteiger partial charge in [0, 0.05) is 18.5 Å². The molecule has 0 spiro atoms. The fourth-order valence-electron chi connectivity index (χ4n) is 1.82. The molecule has 1 unspecified atom stereocenters. The van der Waals surface area contributed by atoms with Crippen molar-refractivity contribution in [2.45, 2.75) is 11.8 Å². The molecular weight excluding hydrogens is 270 g/mol. The molecule has 0 saturated carbocycles. The highest BCUT2D eigenvalue weighted by Gasteiger charge is 2.18. The number of carbonyl (C=O) groups is 2. The summed E-state index contributed by atoms with van der Waals surface area (Å²) in [7, 11) is 1.25. The molecule has 5 nitrogen and oxygen atoms in total. The molecule has 2 rings (SSSR count). The second kappa shape index (κ2) is 5.93. The zero-order chi connectivity index (χ0) is 13.8. The molecule has 1 N–H and O–H groups in total. The first kappa shape index (κ1) is 13.7. The molecule has 102 valence electrons. The first-order valence-corrected chi connectivity index (χ1v) is 6.31. The summed E-state index contributed by atoms with van der Waals surface area (Å²) >= 11 is 5.75. The fourth-order valence-corrected chi connectivity index (χ4v) is 1.99. The van der Waals surface area contributed by atoms with E-state index in [1.165, 1.54) is 7.11 Å². The van der Waals surface area contributed by atoms with Gasteiger partial charge in [-0.15, -0.1) is 11.6 Å². The minimum Gasteiger partial charge on any atom is -0.493 e. The molecule has 0 bridgehead atoms. The Labute approximate surface area is 115 Å². The highest BCUT2D eigenvalue weighted by molar-refractivity contribution is 6.30. The second-order valence-electron chi connectivity index (χ2n) is 4.12. The van der Waals surface area contributed by atoms with Crippen LogP contribution in [0.5, 0.6) is 5.75 Å². The number of hydrogen-bond donors (Lipinski definition) is 1. The van der Waals surface area contributed by atoms with Crippen LogP contribution < -0.4 is 10.1 Å². The number of benzene rings is 1. The van der Waals surface area contributed by atoms with Gasteiger partial charge in [-0.25, -0.2) is 0 Å². The van der Waals surface area contributed by atoms with Crippen LogP contribution in [0.1, 0.15) is 15.9 Å². The number of nitrogens with one attached hydrogen (secondary N) is 1. The minimum atomic E-state index is -0.883. The van der Waals surface area contributed by atoms with Crippen molar-refractivity contribution < 1.29 is 19.1 Å². The summed E-state index contributed by atoms with van der Waals surface area (Å²) in [5.74, 6) is -0.0186. The third-order valence-electron chi connectivity index (χ3n) is 2.85. The van der Waals surface area contributed by atoms with Crippen molar-refractivity contribution in [3.8, 4) is 5.75 Å². The van der Waals surface area contributed by atoms with Crippen molar-refractivity contribution in [1.29, 1.82) is 0 Å². The number of hydrogen-bond acceptors (Lipinski definition) is 4. The molecule has 0 aliphatic carbocycles. The number of fused-ring (bicyclic) bond motifs is 1. The standard InChI is InChI=1S/C13H14ClNO4/c1-18-13(17)10(14)7-15-12(16)9-2-3-11-8(6-9)4-5-19-11/h2-3,6,10H,4-5,7H2,1H3,(H,15,16). The zero-order valence-electron chi connectivity index (χ0n) is 10.4. The van der Waals surface area contributed by atoms with Crippen LogP contribution in [0.25, 0.3) is 0 Å².